The Morgan fingerprint density at radius 1 is 1.29 bits per heavy atom. The summed E-state index contributed by atoms with van der Waals surface area (Å²) in [6.45, 7) is 6.21. The first-order valence-corrected chi connectivity index (χ1v) is 4.99. The molecule has 0 saturated carbocycles. The molecule has 0 aliphatic rings. The Balaban J connectivity index is 3.13. The van der Waals surface area contributed by atoms with Gasteiger partial charge in [0.1, 0.15) is 5.75 Å². The first kappa shape index (κ1) is 11.1. The van der Waals surface area contributed by atoms with Gasteiger partial charge in [-0.25, -0.2) is 0 Å². The fraction of sp³-hybridized carbons (Fsp3) is 0.500. The molecule has 0 aliphatic carbocycles. The zero-order chi connectivity index (χ0) is 10.7. The minimum atomic E-state index is 0.156. The van der Waals surface area contributed by atoms with Crippen molar-refractivity contribution in [2.24, 2.45) is 0 Å². The van der Waals surface area contributed by atoms with Crippen LogP contribution in [0.25, 0.3) is 0 Å². The van der Waals surface area contributed by atoms with Crippen molar-refractivity contribution in [3.05, 3.63) is 28.8 Å². The molecular weight excluding hydrogens is 176 g/mol. The van der Waals surface area contributed by atoms with E-state index in [4.69, 9.17) is 5.11 Å². The molecule has 2 heteroatoms. The monoisotopic (exact) mass is 194 g/mol. The largest absolute Gasteiger partial charge is 0.508 e. The van der Waals surface area contributed by atoms with Gasteiger partial charge in [0.2, 0.25) is 0 Å². The van der Waals surface area contributed by atoms with Crippen LogP contribution in [0.4, 0.5) is 0 Å². The lowest BCUT2D eigenvalue weighted by Gasteiger charge is -2.12. The van der Waals surface area contributed by atoms with Gasteiger partial charge in [0, 0.05) is 6.61 Å². The van der Waals surface area contributed by atoms with Crippen molar-refractivity contribution in [1.82, 2.24) is 0 Å². The lowest BCUT2D eigenvalue weighted by Crippen LogP contribution is -1.98. The summed E-state index contributed by atoms with van der Waals surface area (Å²) in [5.74, 6) is 0.673. The molecular formula is C12H18O2. The van der Waals surface area contributed by atoms with Crippen molar-refractivity contribution < 1.29 is 10.2 Å². The van der Waals surface area contributed by atoms with Gasteiger partial charge in [0.15, 0.2) is 0 Å². The number of hydrogen-bond acceptors (Lipinski definition) is 2. The normalized spacial score (nSPS) is 10.9. The third-order valence-electron chi connectivity index (χ3n) is 2.49. The topological polar surface area (TPSA) is 40.5 Å². The summed E-state index contributed by atoms with van der Waals surface area (Å²) in [6.07, 6.45) is 0.659. The van der Waals surface area contributed by atoms with Crippen LogP contribution in [-0.4, -0.2) is 16.8 Å². The number of benzene rings is 1. The predicted octanol–water partition coefficient (Wildman–Crippen LogP) is 2.36. The van der Waals surface area contributed by atoms with Gasteiger partial charge in [-0.1, -0.05) is 19.9 Å². The summed E-state index contributed by atoms with van der Waals surface area (Å²) >= 11 is 0. The van der Waals surface area contributed by atoms with E-state index in [-0.39, 0.29) is 6.61 Å². The second-order valence-electron chi connectivity index (χ2n) is 3.97. The van der Waals surface area contributed by atoms with Crippen LogP contribution in [0, 0.1) is 6.92 Å². The summed E-state index contributed by atoms with van der Waals surface area (Å²) in [5.41, 5.74) is 3.12. The zero-order valence-electron chi connectivity index (χ0n) is 9.04. The van der Waals surface area contributed by atoms with Gasteiger partial charge < -0.3 is 10.2 Å². The molecule has 0 unspecified atom stereocenters. The van der Waals surface area contributed by atoms with Crippen LogP contribution in [-0.2, 0) is 6.42 Å². The van der Waals surface area contributed by atoms with Crippen LogP contribution in [0.5, 0.6) is 5.75 Å². The van der Waals surface area contributed by atoms with Crippen LogP contribution in [0.2, 0.25) is 0 Å². The minimum absolute atomic E-state index is 0.156. The molecule has 0 saturated heterocycles. The Morgan fingerprint density at radius 2 is 1.93 bits per heavy atom. The molecule has 0 aromatic heterocycles. The number of aromatic hydroxyl groups is 1. The van der Waals surface area contributed by atoms with Gasteiger partial charge in [-0.15, -0.1) is 0 Å². The van der Waals surface area contributed by atoms with Crippen molar-refractivity contribution in [2.75, 3.05) is 6.61 Å². The SMILES string of the molecule is Cc1cc(O)c(C(C)C)cc1CCO. The molecule has 1 rings (SSSR count). The Labute approximate surface area is 85.2 Å². The van der Waals surface area contributed by atoms with E-state index in [1.807, 2.05) is 26.8 Å². The second kappa shape index (κ2) is 4.47. The highest BCUT2D eigenvalue weighted by molar-refractivity contribution is 5.43. The first-order valence-electron chi connectivity index (χ1n) is 4.99. The number of aliphatic hydroxyl groups is 1. The molecule has 1 aromatic rings. The summed E-state index contributed by atoms with van der Waals surface area (Å²) < 4.78 is 0. The van der Waals surface area contributed by atoms with Gasteiger partial charge >= 0.3 is 0 Å². The van der Waals surface area contributed by atoms with Gasteiger partial charge in [-0.2, -0.15) is 0 Å². The molecule has 0 spiro atoms. The Bertz CT molecular complexity index is 316. The smallest absolute Gasteiger partial charge is 0.119 e. The van der Waals surface area contributed by atoms with E-state index < -0.39 is 0 Å². The van der Waals surface area contributed by atoms with E-state index in [9.17, 15) is 5.11 Å². The fourth-order valence-electron chi connectivity index (χ4n) is 1.61. The van der Waals surface area contributed by atoms with Crippen LogP contribution in [0.3, 0.4) is 0 Å². The van der Waals surface area contributed by atoms with E-state index in [0.29, 0.717) is 18.1 Å². The van der Waals surface area contributed by atoms with Crippen molar-refractivity contribution in [3.8, 4) is 5.75 Å². The van der Waals surface area contributed by atoms with Crippen LogP contribution < -0.4 is 0 Å². The number of rotatable bonds is 3. The standard InChI is InChI=1S/C12H18O2/c1-8(2)11-7-10(4-5-13)9(3)6-12(11)14/h6-8,13-14H,4-5H2,1-3H3. The molecule has 0 fully saturated rings. The number of phenolic OH excluding ortho intramolecular Hbond substituents is 1. The first-order chi connectivity index (χ1) is 6.56. The molecule has 0 radical (unpaired) electrons. The Kier molecular flexibility index (Phi) is 3.53. The summed E-state index contributed by atoms with van der Waals surface area (Å²) in [6, 6.07) is 3.77. The number of aliphatic hydroxyl groups excluding tert-OH is 1. The third-order valence-corrected chi connectivity index (χ3v) is 2.49. The third kappa shape index (κ3) is 2.26. The predicted molar refractivity (Wildman–Crippen MR) is 57.7 cm³/mol. The number of phenols is 1. The van der Waals surface area contributed by atoms with E-state index in [2.05, 4.69) is 0 Å². The number of hydrogen-bond donors (Lipinski definition) is 2. The maximum atomic E-state index is 9.69. The molecule has 2 N–H and O–H groups in total. The summed E-state index contributed by atoms with van der Waals surface area (Å²) in [4.78, 5) is 0. The van der Waals surface area contributed by atoms with Gasteiger partial charge in [0.25, 0.3) is 0 Å². The lowest BCUT2D eigenvalue weighted by molar-refractivity contribution is 0.299. The zero-order valence-corrected chi connectivity index (χ0v) is 9.04. The van der Waals surface area contributed by atoms with Crippen LogP contribution >= 0.6 is 0 Å². The maximum Gasteiger partial charge on any atom is 0.119 e. The van der Waals surface area contributed by atoms with E-state index >= 15 is 0 Å². The molecule has 0 atom stereocenters. The van der Waals surface area contributed by atoms with Crippen LogP contribution in [0.15, 0.2) is 12.1 Å². The summed E-state index contributed by atoms with van der Waals surface area (Å²) in [5, 5.41) is 18.6. The molecule has 0 aliphatic heterocycles. The van der Waals surface area contributed by atoms with Crippen molar-refractivity contribution >= 4 is 0 Å². The molecule has 1 aromatic carbocycles. The minimum Gasteiger partial charge on any atom is -0.508 e. The van der Waals surface area contributed by atoms with Crippen LogP contribution in [0.1, 0.15) is 36.5 Å². The summed E-state index contributed by atoms with van der Waals surface area (Å²) in [7, 11) is 0. The average Bonchev–Trinajstić information content (AvgIpc) is 2.09. The van der Waals surface area contributed by atoms with Gasteiger partial charge in [-0.3, -0.25) is 0 Å². The average molecular weight is 194 g/mol. The quantitative estimate of drug-likeness (QED) is 0.775. The van der Waals surface area contributed by atoms with E-state index in [1.54, 1.807) is 6.07 Å². The molecule has 2 nitrogen and oxygen atoms in total. The molecule has 78 valence electrons. The molecule has 0 amide bonds. The van der Waals surface area contributed by atoms with Gasteiger partial charge in [0.05, 0.1) is 0 Å². The fourth-order valence-corrected chi connectivity index (χ4v) is 1.61. The maximum absolute atomic E-state index is 9.69. The highest BCUT2D eigenvalue weighted by Crippen LogP contribution is 2.28. The molecule has 0 heterocycles. The van der Waals surface area contributed by atoms with Gasteiger partial charge in [-0.05, 0) is 42.0 Å². The Hall–Kier alpha value is -1.02. The second-order valence-corrected chi connectivity index (χ2v) is 3.97. The molecule has 14 heavy (non-hydrogen) atoms. The van der Waals surface area contributed by atoms with Crippen molar-refractivity contribution in [1.29, 1.82) is 0 Å². The number of aryl methyl sites for hydroxylation is 1. The highest BCUT2D eigenvalue weighted by atomic mass is 16.3. The Morgan fingerprint density at radius 3 is 2.43 bits per heavy atom. The van der Waals surface area contributed by atoms with E-state index in [1.165, 1.54) is 0 Å². The molecule has 0 bridgehead atoms. The van der Waals surface area contributed by atoms with Crippen molar-refractivity contribution in [3.63, 3.8) is 0 Å². The lowest BCUT2D eigenvalue weighted by atomic mass is 9.95. The van der Waals surface area contributed by atoms with E-state index in [0.717, 1.165) is 16.7 Å². The van der Waals surface area contributed by atoms with Crippen molar-refractivity contribution in [2.45, 2.75) is 33.1 Å². The highest BCUT2D eigenvalue weighted by Gasteiger charge is 2.09.